The van der Waals surface area contributed by atoms with Crippen molar-refractivity contribution >= 4 is 11.7 Å². The van der Waals surface area contributed by atoms with E-state index < -0.39 is 0 Å². The molecule has 0 saturated heterocycles. The number of fused-ring (bicyclic) bond motifs is 1. The maximum atomic E-state index is 12.2. The van der Waals surface area contributed by atoms with E-state index >= 15 is 0 Å². The van der Waals surface area contributed by atoms with E-state index in [0.717, 1.165) is 16.9 Å². The van der Waals surface area contributed by atoms with E-state index in [1.165, 1.54) is 0 Å². The monoisotopic (exact) mass is 323 g/mol. The minimum atomic E-state index is -0.208. The van der Waals surface area contributed by atoms with Gasteiger partial charge in [-0.05, 0) is 38.5 Å². The lowest BCUT2D eigenvalue weighted by atomic mass is 9.87. The standard InChI is InChI=1S/C19H21N3O2/c1-5-9-24-14-8-6-7-13(10-14)15-11-17(23)21-18-16(15)12-20-22(18)19(2,3)4/h1,6-8,10,12,15H,9,11H2,2-4H3,(H,21,23)/t15-/m0/s1. The molecule has 0 aliphatic carbocycles. The first-order valence-corrected chi connectivity index (χ1v) is 7.94. The molecule has 0 radical (unpaired) electrons. The molecule has 1 atom stereocenters. The Balaban J connectivity index is 2.01. The van der Waals surface area contributed by atoms with Crippen LogP contribution in [0.4, 0.5) is 5.82 Å². The van der Waals surface area contributed by atoms with Crippen molar-refractivity contribution in [3.8, 4) is 18.1 Å². The Morgan fingerprint density at radius 3 is 2.96 bits per heavy atom. The topological polar surface area (TPSA) is 56.1 Å². The molecule has 0 spiro atoms. The zero-order valence-electron chi connectivity index (χ0n) is 14.2. The van der Waals surface area contributed by atoms with E-state index in [0.29, 0.717) is 12.2 Å². The number of ether oxygens (including phenoxy) is 1. The molecule has 2 heterocycles. The van der Waals surface area contributed by atoms with Gasteiger partial charge in [0.25, 0.3) is 0 Å². The lowest BCUT2D eigenvalue weighted by Gasteiger charge is -2.28. The summed E-state index contributed by atoms with van der Waals surface area (Å²) in [5.41, 5.74) is 1.84. The molecular weight excluding hydrogens is 302 g/mol. The van der Waals surface area contributed by atoms with Crippen LogP contribution in [0.2, 0.25) is 0 Å². The van der Waals surface area contributed by atoms with Gasteiger partial charge in [-0.2, -0.15) is 5.10 Å². The van der Waals surface area contributed by atoms with Crippen molar-refractivity contribution in [2.24, 2.45) is 0 Å². The summed E-state index contributed by atoms with van der Waals surface area (Å²) in [6.45, 7) is 6.40. The van der Waals surface area contributed by atoms with E-state index in [1.54, 1.807) is 0 Å². The Hall–Kier alpha value is -2.74. The minimum Gasteiger partial charge on any atom is -0.481 e. The summed E-state index contributed by atoms with van der Waals surface area (Å²) in [4.78, 5) is 12.2. The molecule has 1 N–H and O–H groups in total. The van der Waals surface area contributed by atoms with Gasteiger partial charge in [0.2, 0.25) is 5.91 Å². The maximum Gasteiger partial charge on any atom is 0.226 e. The molecule has 5 heteroatoms. The number of hydrogen-bond donors (Lipinski definition) is 1. The number of aromatic nitrogens is 2. The van der Waals surface area contributed by atoms with Crippen molar-refractivity contribution in [2.75, 3.05) is 11.9 Å². The van der Waals surface area contributed by atoms with Crippen LogP contribution in [0.15, 0.2) is 30.5 Å². The molecule has 0 bridgehead atoms. The summed E-state index contributed by atoms with van der Waals surface area (Å²) in [7, 11) is 0. The van der Waals surface area contributed by atoms with Crippen LogP contribution in [0.25, 0.3) is 0 Å². The second-order valence-corrected chi connectivity index (χ2v) is 6.90. The van der Waals surface area contributed by atoms with Crippen LogP contribution in [0.1, 0.15) is 44.2 Å². The van der Waals surface area contributed by atoms with Crippen LogP contribution in [0, 0.1) is 12.3 Å². The fourth-order valence-corrected chi connectivity index (χ4v) is 2.97. The number of hydrogen-bond acceptors (Lipinski definition) is 3. The summed E-state index contributed by atoms with van der Waals surface area (Å²) in [5, 5.41) is 7.46. The Morgan fingerprint density at radius 1 is 1.46 bits per heavy atom. The number of rotatable bonds is 3. The highest BCUT2D eigenvalue weighted by molar-refractivity contribution is 5.94. The number of carbonyl (C=O) groups is 1. The van der Waals surface area contributed by atoms with Crippen LogP contribution < -0.4 is 10.1 Å². The highest BCUT2D eigenvalue weighted by Crippen LogP contribution is 2.39. The molecule has 1 aromatic heterocycles. The summed E-state index contributed by atoms with van der Waals surface area (Å²) in [5.74, 6) is 3.90. The first-order chi connectivity index (χ1) is 11.4. The fraction of sp³-hybridized carbons (Fsp3) is 0.368. The zero-order valence-corrected chi connectivity index (χ0v) is 14.2. The van der Waals surface area contributed by atoms with Crippen LogP contribution >= 0.6 is 0 Å². The molecular formula is C19H21N3O2. The second-order valence-electron chi connectivity index (χ2n) is 6.90. The number of anilines is 1. The van der Waals surface area contributed by atoms with Gasteiger partial charge in [0.05, 0.1) is 11.7 Å². The highest BCUT2D eigenvalue weighted by Gasteiger charge is 2.32. The van der Waals surface area contributed by atoms with Gasteiger partial charge in [0.1, 0.15) is 18.2 Å². The molecule has 1 amide bonds. The van der Waals surface area contributed by atoms with Gasteiger partial charge in [0.15, 0.2) is 0 Å². The van der Waals surface area contributed by atoms with Crippen LogP contribution in [-0.4, -0.2) is 22.3 Å². The average molecular weight is 323 g/mol. The van der Waals surface area contributed by atoms with Crippen molar-refractivity contribution < 1.29 is 9.53 Å². The molecule has 0 fully saturated rings. The summed E-state index contributed by atoms with van der Waals surface area (Å²) < 4.78 is 7.37. The van der Waals surface area contributed by atoms with Crippen molar-refractivity contribution in [3.05, 3.63) is 41.6 Å². The van der Waals surface area contributed by atoms with E-state index in [2.05, 4.69) is 37.1 Å². The maximum absolute atomic E-state index is 12.2. The molecule has 124 valence electrons. The van der Waals surface area contributed by atoms with E-state index in [4.69, 9.17) is 11.2 Å². The number of carbonyl (C=O) groups excluding carboxylic acids is 1. The van der Waals surface area contributed by atoms with Gasteiger partial charge in [-0.3, -0.25) is 4.79 Å². The number of terminal acetylenes is 1. The predicted molar refractivity (Wildman–Crippen MR) is 93.1 cm³/mol. The molecule has 2 aromatic rings. The second kappa shape index (κ2) is 6.04. The predicted octanol–water partition coefficient (Wildman–Crippen LogP) is 3.12. The van der Waals surface area contributed by atoms with Crippen molar-refractivity contribution in [1.82, 2.24) is 9.78 Å². The summed E-state index contributed by atoms with van der Waals surface area (Å²) in [6.07, 6.45) is 7.48. The van der Waals surface area contributed by atoms with Crippen LogP contribution in [0.5, 0.6) is 5.75 Å². The third-order valence-electron chi connectivity index (χ3n) is 4.04. The highest BCUT2D eigenvalue weighted by atomic mass is 16.5. The molecule has 0 saturated carbocycles. The third-order valence-corrected chi connectivity index (χ3v) is 4.04. The number of nitrogens with one attached hydrogen (secondary N) is 1. The summed E-state index contributed by atoms with van der Waals surface area (Å²) >= 11 is 0. The van der Waals surface area contributed by atoms with Crippen molar-refractivity contribution in [2.45, 2.75) is 38.6 Å². The number of nitrogens with zero attached hydrogens (tertiary/aromatic N) is 2. The molecule has 3 rings (SSSR count). The van der Waals surface area contributed by atoms with Gasteiger partial charge in [0, 0.05) is 17.9 Å². The molecule has 5 nitrogen and oxygen atoms in total. The van der Waals surface area contributed by atoms with Gasteiger partial charge in [-0.1, -0.05) is 18.1 Å². The lowest BCUT2D eigenvalue weighted by Crippen LogP contribution is -2.30. The molecule has 1 aromatic carbocycles. The smallest absolute Gasteiger partial charge is 0.226 e. The Kier molecular flexibility index (Phi) is 4.06. The molecule has 1 aliphatic heterocycles. The third kappa shape index (κ3) is 3.00. The molecule has 0 unspecified atom stereocenters. The Bertz CT molecular complexity index is 809. The van der Waals surface area contributed by atoms with E-state index in [9.17, 15) is 4.79 Å². The average Bonchev–Trinajstić information content (AvgIpc) is 2.96. The van der Waals surface area contributed by atoms with Crippen LogP contribution in [-0.2, 0) is 10.3 Å². The van der Waals surface area contributed by atoms with Crippen molar-refractivity contribution in [1.29, 1.82) is 0 Å². The number of amides is 1. The minimum absolute atomic E-state index is 0.00607. The lowest BCUT2D eigenvalue weighted by molar-refractivity contribution is -0.116. The Labute approximate surface area is 142 Å². The van der Waals surface area contributed by atoms with Gasteiger partial charge < -0.3 is 10.1 Å². The normalized spacial score (nSPS) is 16.9. The fourth-order valence-electron chi connectivity index (χ4n) is 2.97. The van der Waals surface area contributed by atoms with Gasteiger partial charge in [-0.25, -0.2) is 4.68 Å². The largest absolute Gasteiger partial charge is 0.481 e. The van der Waals surface area contributed by atoms with Crippen molar-refractivity contribution in [3.63, 3.8) is 0 Å². The quantitative estimate of drug-likeness (QED) is 0.883. The molecule has 1 aliphatic rings. The number of benzene rings is 1. The zero-order chi connectivity index (χ0) is 17.3. The van der Waals surface area contributed by atoms with Crippen LogP contribution in [0.3, 0.4) is 0 Å². The SMILES string of the molecule is C#CCOc1cccc([C@@H]2CC(=O)Nc3c2cnn3C(C)(C)C)c1. The molecule has 24 heavy (non-hydrogen) atoms. The van der Waals surface area contributed by atoms with E-state index in [1.807, 2.05) is 35.1 Å². The first-order valence-electron chi connectivity index (χ1n) is 7.94. The Morgan fingerprint density at radius 2 is 2.25 bits per heavy atom. The van der Waals surface area contributed by atoms with Gasteiger partial charge >= 0.3 is 0 Å². The van der Waals surface area contributed by atoms with Gasteiger partial charge in [-0.15, -0.1) is 6.42 Å². The van der Waals surface area contributed by atoms with E-state index in [-0.39, 0.29) is 24.0 Å². The summed E-state index contributed by atoms with van der Waals surface area (Å²) in [6, 6.07) is 7.73. The first kappa shape index (κ1) is 16.1.